The first-order valence-corrected chi connectivity index (χ1v) is 1.87. The van der Waals surface area contributed by atoms with E-state index in [4.69, 9.17) is 4.74 Å². The summed E-state index contributed by atoms with van der Waals surface area (Å²) in [5.41, 5.74) is 0. The van der Waals surface area contributed by atoms with Crippen LogP contribution in [0.4, 0.5) is 0 Å². The maximum absolute atomic E-state index is 4.71. The first-order valence-electron chi connectivity index (χ1n) is 1.87. The predicted octanol–water partition coefficient (Wildman–Crippen LogP) is 0.266. The van der Waals surface area contributed by atoms with Crippen LogP contribution in [-0.4, -0.2) is 13.1 Å². The van der Waals surface area contributed by atoms with E-state index < -0.39 is 0 Å². The van der Waals surface area contributed by atoms with Crippen molar-refractivity contribution >= 4 is 0 Å². The fraction of sp³-hybridized carbons (Fsp3) is 1.00. The first-order chi connectivity index (χ1) is 2.93. The summed E-state index contributed by atoms with van der Waals surface area (Å²) in [5.74, 6) is 0. The van der Waals surface area contributed by atoms with Crippen molar-refractivity contribution in [2.45, 2.75) is 13.4 Å². The zero-order valence-corrected chi connectivity index (χ0v) is 5.35. The number of rotatable bonds is 2. The molecule has 1 radical (unpaired) electrons. The molecule has 0 aromatic rings. The molecule has 0 spiro atoms. The standard InChI is InChI=1S/C3H6O3.V/c1-2-4-3-5-6-3;/h3H,2H2,1H3;. The Morgan fingerprint density at radius 1 is 1.57 bits per heavy atom. The summed E-state index contributed by atoms with van der Waals surface area (Å²) in [5, 5.41) is 0. The Morgan fingerprint density at radius 3 is 2.29 bits per heavy atom. The molecule has 1 heterocycles. The van der Waals surface area contributed by atoms with Crippen molar-refractivity contribution in [3.8, 4) is 0 Å². The van der Waals surface area contributed by atoms with E-state index in [9.17, 15) is 0 Å². The minimum atomic E-state index is -0.352. The average molecular weight is 141 g/mol. The Balaban J connectivity index is 0.000000360. The van der Waals surface area contributed by atoms with Gasteiger partial charge in [-0.05, 0) is 6.92 Å². The van der Waals surface area contributed by atoms with Gasteiger partial charge < -0.3 is 4.74 Å². The fourth-order valence-electron chi connectivity index (χ4n) is 0.214. The van der Waals surface area contributed by atoms with E-state index in [2.05, 4.69) is 9.78 Å². The first kappa shape index (κ1) is 7.46. The number of ether oxygens (including phenoxy) is 1. The van der Waals surface area contributed by atoms with Gasteiger partial charge in [0, 0.05) is 25.2 Å². The van der Waals surface area contributed by atoms with Gasteiger partial charge in [-0.15, -0.1) is 0 Å². The summed E-state index contributed by atoms with van der Waals surface area (Å²) in [6.07, 6.45) is 0. The minimum absolute atomic E-state index is 0. The monoisotopic (exact) mass is 141 g/mol. The molecular formula is C3H6O3V. The van der Waals surface area contributed by atoms with Crippen LogP contribution in [-0.2, 0) is 33.1 Å². The van der Waals surface area contributed by atoms with Crippen LogP contribution in [0, 0.1) is 0 Å². The maximum Gasteiger partial charge on any atom is 0.329 e. The van der Waals surface area contributed by atoms with Crippen LogP contribution in [0.15, 0.2) is 0 Å². The molecule has 0 unspecified atom stereocenters. The van der Waals surface area contributed by atoms with Crippen molar-refractivity contribution in [2.24, 2.45) is 0 Å². The van der Waals surface area contributed by atoms with E-state index in [0.29, 0.717) is 6.61 Å². The molecule has 0 saturated carbocycles. The van der Waals surface area contributed by atoms with E-state index in [0.717, 1.165) is 0 Å². The fourth-order valence-corrected chi connectivity index (χ4v) is 0.214. The van der Waals surface area contributed by atoms with Crippen molar-refractivity contribution in [3.63, 3.8) is 0 Å². The van der Waals surface area contributed by atoms with E-state index >= 15 is 0 Å². The molecule has 1 fully saturated rings. The molecule has 0 bridgehead atoms. The minimum Gasteiger partial charge on any atom is -0.327 e. The van der Waals surface area contributed by atoms with Crippen LogP contribution in [0.5, 0.6) is 0 Å². The molecule has 3 nitrogen and oxygen atoms in total. The molecule has 0 N–H and O–H groups in total. The smallest absolute Gasteiger partial charge is 0.327 e. The Labute approximate surface area is 53.7 Å². The van der Waals surface area contributed by atoms with Crippen molar-refractivity contribution < 1.29 is 33.1 Å². The zero-order valence-electron chi connectivity index (χ0n) is 3.96. The molecule has 7 heavy (non-hydrogen) atoms. The Hall–Kier alpha value is 0.464. The van der Waals surface area contributed by atoms with Gasteiger partial charge in [0.15, 0.2) is 0 Å². The van der Waals surface area contributed by atoms with Crippen molar-refractivity contribution in [1.29, 1.82) is 0 Å². The summed E-state index contributed by atoms with van der Waals surface area (Å²) < 4.78 is 4.71. The van der Waals surface area contributed by atoms with Crippen molar-refractivity contribution in [3.05, 3.63) is 0 Å². The second-order valence-corrected chi connectivity index (χ2v) is 0.936. The van der Waals surface area contributed by atoms with E-state index in [1.54, 1.807) is 0 Å². The van der Waals surface area contributed by atoms with Crippen molar-refractivity contribution in [1.82, 2.24) is 0 Å². The summed E-state index contributed by atoms with van der Waals surface area (Å²) in [4.78, 5) is 8.45. The molecule has 4 heteroatoms. The van der Waals surface area contributed by atoms with Gasteiger partial charge >= 0.3 is 6.48 Å². The van der Waals surface area contributed by atoms with Crippen LogP contribution in [0.2, 0.25) is 0 Å². The largest absolute Gasteiger partial charge is 0.329 e. The van der Waals surface area contributed by atoms with Gasteiger partial charge in [-0.1, -0.05) is 0 Å². The SMILES string of the molecule is CCOC1OO1.[V]. The molecule has 1 saturated heterocycles. The topological polar surface area (TPSA) is 34.3 Å². The van der Waals surface area contributed by atoms with Crippen LogP contribution in [0.1, 0.15) is 6.92 Å². The van der Waals surface area contributed by atoms with E-state index in [1.807, 2.05) is 6.92 Å². The molecule has 0 aromatic carbocycles. The molecule has 0 atom stereocenters. The Morgan fingerprint density at radius 2 is 2.14 bits per heavy atom. The third-order valence-corrected chi connectivity index (χ3v) is 0.478. The zero-order chi connectivity index (χ0) is 4.41. The van der Waals surface area contributed by atoms with Crippen LogP contribution >= 0.6 is 0 Å². The van der Waals surface area contributed by atoms with Crippen LogP contribution in [0.25, 0.3) is 0 Å². The Kier molecular flexibility index (Phi) is 3.69. The third-order valence-electron chi connectivity index (χ3n) is 0.478. The van der Waals surface area contributed by atoms with Crippen LogP contribution < -0.4 is 0 Å². The molecule has 0 aromatic heterocycles. The van der Waals surface area contributed by atoms with Gasteiger partial charge in [0.1, 0.15) is 0 Å². The summed E-state index contributed by atoms with van der Waals surface area (Å²) in [6, 6.07) is 0. The van der Waals surface area contributed by atoms with Gasteiger partial charge in [-0.3, -0.25) is 0 Å². The molecule has 1 rings (SSSR count). The molecule has 0 amide bonds. The van der Waals surface area contributed by atoms with E-state index in [1.165, 1.54) is 0 Å². The average Bonchev–Trinajstić information content (AvgIpc) is 2.21. The van der Waals surface area contributed by atoms with Gasteiger partial charge in [-0.25, -0.2) is 0 Å². The molecule has 0 aliphatic carbocycles. The van der Waals surface area contributed by atoms with Crippen LogP contribution in [0.3, 0.4) is 0 Å². The van der Waals surface area contributed by atoms with Gasteiger partial charge in [0.25, 0.3) is 0 Å². The number of hydrogen-bond donors (Lipinski definition) is 0. The predicted molar refractivity (Wildman–Crippen MR) is 17.6 cm³/mol. The second-order valence-electron chi connectivity index (χ2n) is 0.936. The number of hydrogen-bond acceptors (Lipinski definition) is 3. The summed E-state index contributed by atoms with van der Waals surface area (Å²) >= 11 is 0. The Bertz CT molecular complexity index is 45.4. The van der Waals surface area contributed by atoms with Gasteiger partial charge in [0.2, 0.25) is 0 Å². The third kappa shape index (κ3) is 3.08. The quantitative estimate of drug-likeness (QED) is 0.408. The normalized spacial score (nSPS) is 18.4. The molecular weight excluding hydrogens is 135 g/mol. The molecule has 41 valence electrons. The van der Waals surface area contributed by atoms with E-state index in [-0.39, 0.29) is 25.0 Å². The van der Waals surface area contributed by atoms with Gasteiger partial charge in [-0.2, -0.15) is 9.78 Å². The van der Waals surface area contributed by atoms with Crippen molar-refractivity contribution in [2.75, 3.05) is 6.61 Å². The molecule has 1 aliphatic rings. The second kappa shape index (κ2) is 3.46. The summed E-state index contributed by atoms with van der Waals surface area (Å²) in [6.45, 7) is 2.17. The summed E-state index contributed by atoms with van der Waals surface area (Å²) in [7, 11) is 0. The van der Waals surface area contributed by atoms with Gasteiger partial charge in [0.05, 0.1) is 0 Å². The maximum atomic E-state index is 4.71. The molecule has 1 aliphatic heterocycles.